The summed E-state index contributed by atoms with van der Waals surface area (Å²) in [6, 6.07) is 7.14. The Morgan fingerprint density at radius 3 is 2.96 bits per heavy atom. The van der Waals surface area contributed by atoms with Gasteiger partial charge in [0.25, 0.3) is 0 Å². The van der Waals surface area contributed by atoms with Crippen LogP contribution in [0.5, 0.6) is 5.75 Å². The number of anilines is 2. The zero-order valence-electron chi connectivity index (χ0n) is 13.3. The summed E-state index contributed by atoms with van der Waals surface area (Å²) in [4.78, 5) is 20.5. The number of pyridine rings is 1. The number of rotatable bonds is 5. The van der Waals surface area contributed by atoms with Gasteiger partial charge in [0.2, 0.25) is 0 Å². The Labute approximate surface area is 147 Å². The van der Waals surface area contributed by atoms with Gasteiger partial charge in [-0.3, -0.25) is 10.3 Å². The third-order valence-electron chi connectivity index (χ3n) is 3.17. The van der Waals surface area contributed by atoms with Gasteiger partial charge in [-0.15, -0.1) is 11.3 Å². The van der Waals surface area contributed by atoms with Crippen molar-refractivity contribution in [1.29, 1.82) is 0 Å². The number of nitrogens with zero attached hydrogens (tertiary/aromatic N) is 2. The lowest BCUT2D eigenvalue weighted by Gasteiger charge is -2.11. The van der Waals surface area contributed by atoms with Gasteiger partial charge in [0, 0.05) is 29.4 Å². The van der Waals surface area contributed by atoms with E-state index in [9.17, 15) is 9.18 Å². The summed E-state index contributed by atoms with van der Waals surface area (Å²) in [5.41, 5.74) is 1.97. The third kappa shape index (κ3) is 4.30. The number of benzene rings is 1. The van der Waals surface area contributed by atoms with Gasteiger partial charge in [0.15, 0.2) is 5.13 Å². The number of hydrogen-bond donors (Lipinski definition) is 2. The number of urea groups is 1. The van der Waals surface area contributed by atoms with Gasteiger partial charge in [-0.2, -0.15) is 0 Å². The minimum Gasteiger partial charge on any atom is -0.492 e. The van der Waals surface area contributed by atoms with Crippen LogP contribution in [0.1, 0.15) is 6.92 Å². The highest BCUT2D eigenvalue weighted by atomic mass is 32.1. The molecule has 0 aliphatic heterocycles. The highest BCUT2D eigenvalue weighted by Gasteiger charge is 2.11. The number of nitrogens with one attached hydrogen (secondary N) is 2. The van der Waals surface area contributed by atoms with E-state index >= 15 is 0 Å². The van der Waals surface area contributed by atoms with Gasteiger partial charge in [-0.25, -0.2) is 14.2 Å². The first-order valence-corrected chi connectivity index (χ1v) is 8.40. The molecule has 0 atom stereocenters. The molecule has 3 rings (SSSR count). The van der Waals surface area contributed by atoms with Crippen LogP contribution in [0.15, 0.2) is 48.1 Å². The van der Waals surface area contributed by atoms with Crippen molar-refractivity contribution in [2.24, 2.45) is 0 Å². The summed E-state index contributed by atoms with van der Waals surface area (Å²) in [5, 5.41) is 7.56. The van der Waals surface area contributed by atoms with E-state index < -0.39 is 11.8 Å². The van der Waals surface area contributed by atoms with Crippen LogP contribution < -0.4 is 15.4 Å². The zero-order valence-corrected chi connectivity index (χ0v) is 14.1. The van der Waals surface area contributed by atoms with Crippen LogP contribution in [0.25, 0.3) is 11.3 Å². The van der Waals surface area contributed by atoms with Crippen LogP contribution in [0.4, 0.5) is 20.0 Å². The first kappa shape index (κ1) is 16.8. The highest BCUT2D eigenvalue weighted by molar-refractivity contribution is 7.14. The summed E-state index contributed by atoms with van der Waals surface area (Å²) in [6.07, 6.45) is 3.38. The number of ether oxygens (including phenoxy) is 1. The number of carbonyl (C=O) groups is 1. The quantitative estimate of drug-likeness (QED) is 0.709. The first-order valence-electron chi connectivity index (χ1n) is 7.52. The normalized spacial score (nSPS) is 10.3. The van der Waals surface area contributed by atoms with E-state index in [-0.39, 0.29) is 5.75 Å². The second-order valence-electron chi connectivity index (χ2n) is 4.93. The van der Waals surface area contributed by atoms with Crippen molar-refractivity contribution >= 4 is 28.2 Å². The topological polar surface area (TPSA) is 76.1 Å². The van der Waals surface area contributed by atoms with Crippen molar-refractivity contribution in [1.82, 2.24) is 9.97 Å². The molecule has 1 aromatic carbocycles. The molecule has 3 aromatic rings. The molecule has 0 saturated carbocycles. The smallest absolute Gasteiger partial charge is 0.325 e. The summed E-state index contributed by atoms with van der Waals surface area (Å²) in [5.74, 6) is -0.164. The van der Waals surface area contributed by atoms with Crippen LogP contribution in [0, 0.1) is 5.82 Å². The minimum absolute atomic E-state index is 0.271. The van der Waals surface area contributed by atoms with Crippen LogP contribution in [0.3, 0.4) is 0 Å². The number of amides is 2. The van der Waals surface area contributed by atoms with Gasteiger partial charge < -0.3 is 10.1 Å². The number of halogens is 1. The molecule has 128 valence electrons. The Balaban J connectivity index is 1.68. The molecule has 0 radical (unpaired) electrons. The maximum atomic E-state index is 13.3. The first-order chi connectivity index (χ1) is 12.2. The predicted molar refractivity (Wildman–Crippen MR) is 95.6 cm³/mol. The largest absolute Gasteiger partial charge is 0.492 e. The highest BCUT2D eigenvalue weighted by Crippen LogP contribution is 2.27. The van der Waals surface area contributed by atoms with Gasteiger partial charge in [-0.1, -0.05) is 0 Å². The summed E-state index contributed by atoms with van der Waals surface area (Å²) >= 11 is 1.30. The van der Waals surface area contributed by atoms with Crippen LogP contribution >= 0.6 is 11.3 Å². The Morgan fingerprint density at radius 1 is 1.32 bits per heavy atom. The molecule has 2 aromatic heterocycles. The van der Waals surface area contributed by atoms with Crippen molar-refractivity contribution in [3.05, 3.63) is 53.9 Å². The monoisotopic (exact) mass is 358 g/mol. The lowest BCUT2D eigenvalue weighted by atomic mass is 10.2. The van der Waals surface area contributed by atoms with Crippen molar-refractivity contribution < 1.29 is 13.9 Å². The van der Waals surface area contributed by atoms with E-state index in [1.54, 1.807) is 19.3 Å². The molecule has 8 heteroatoms. The molecule has 25 heavy (non-hydrogen) atoms. The SMILES string of the molecule is CCOc1cc(F)ccc1NC(=O)Nc1nc(-c2cccnc2)cs1. The third-order valence-corrected chi connectivity index (χ3v) is 3.93. The molecule has 0 bridgehead atoms. The molecule has 2 N–H and O–H groups in total. The van der Waals surface area contributed by atoms with E-state index in [0.29, 0.717) is 17.4 Å². The zero-order chi connectivity index (χ0) is 17.6. The second-order valence-corrected chi connectivity index (χ2v) is 5.79. The molecular weight excluding hydrogens is 343 g/mol. The fourth-order valence-corrected chi connectivity index (χ4v) is 2.82. The summed E-state index contributed by atoms with van der Waals surface area (Å²) in [7, 11) is 0. The van der Waals surface area contributed by atoms with E-state index in [4.69, 9.17) is 4.74 Å². The van der Waals surface area contributed by atoms with Crippen LogP contribution in [-0.2, 0) is 0 Å². The van der Waals surface area contributed by atoms with E-state index in [1.807, 2.05) is 17.5 Å². The van der Waals surface area contributed by atoms with Gasteiger partial charge >= 0.3 is 6.03 Å². The average Bonchev–Trinajstić information content (AvgIpc) is 3.07. The Kier molecular flexibility index (Phi) is 5.20. The number of aromatic nitrogens is 2. The maximum absolute atomic E-state index is 13.3. The molecule has 0 fully saturated rings. The Hall–Kier alpha value is -3.00. The number of carbonyl (C=O) groups excluding carboxylic acids is 1. The maximum Gasteiger partial charge on any atom is 0.325 e. The number of hydrogen-bond acceptors (Lipinski definition) is 5. The van der Waals surface area contributed by atoms with Gasteiger partial charge in [0.05, 0.1) is 18.0 Å². The molecule has 2 heterocycles. The predicted octanol–water partition coefficient (Wildman–Crippen LogP) is 4.39. The second kappa shape index (κ2) is 7.71. The van der Waals surface area contributed by atoms with Crippen molar-refractivity contribution in [2.45, 2.75) is 6.92 Å². The van der Waals surface area contributed by atoms with Crippen molar-refractivity contribution in [3.63, 3.8) is 0 Å². The molecule has 0 spiro atoms. The lowest BCUT2D eigenvalue weighted by Crippen LogP contribution is -2.19. The minimum atomic E-state index is -0.486. The molecule has 0 aliphatic rings. The molecule has 0 saturated heterocycles. The van der Waals surface area contributed by atoms with Gasteiger partial charge in [-0.05, 0) is 31.2 Å². The molecular formula is C17H15FN4O2S. The molecule has 2 amide bonds. The average molecular weight is 358 g/mol. The fraction of sp³-hybridized carbons (Fsp3) is 0.118. The van der Waals surface area contributed by atoms with Crippen LogP contribution in [0.2, 0.25) is 0 Å². The Morgan fingerprint density at radius 2 is 2.20 bits per heavy atom. The standard InChI is InChI=1S/C17H15FN4O2S/c1-2-24-15-8-12(18)5-6-13(15)20-16(23)22-17-21-14(10-25-17)11-4-3-7-19-9-11/h3-10H,2H2,1H3,(H2,20,21,22,23). The molecule has 6 nitrogen and oxygen atoms in total. The summed E-state index contributed by atoms with van der Waals surface area (Å²) in [6.45, 7) is 2.14. The summed E-state index contributed by atoms with van der Waals surface area (Å²) < 4.78 is 18.6. The molecule has 0 aliphatic carbocycles. The fourth-order valence-electron chi connectivity index (χ4n) is 2.10. The lowest BCUT2D eigenvalue weighted by molar-refractivity contribution is 0.262. The van der Waals surface area contributed by atoms with Crippen molar-refractivity contribution in [3.8, 4) is 17.0 Å². The van der Waals surface area contributed by atoms with Crippen LogP contribution in [-0.4, -0.2) is 22.6 Å². The van der Waals surface area contributed by atoms with Gasteiger partial charge in [0.1, 0.15) is 11.6 Å². The molecule has 0 unspecified atom stereocenters. The Bertz CT molecular complexity index is 870. The van der Waals surface area contributed by atoms with E-state index in [0.717, 1.165) is 11.3 Å². The van der Waals surface area contributed by atoms with E-state index in [1.165, 1.54) is 29.5 Å². The van der Waals surface area contributed by atoms with E-state index in [2.05, 4.69) is 20.6 Å². The number of thiazole rings is 1. The van der Waals surface area contributed by atoms with Crippen molar-refractivity contribution in [2.75, 3.05) is 17.2 Å².